The van der Waals surface area contributed by atoms with Crippen molar-refractivity contribution in [3.05, 3.63) is 0 Å². The topological polar surface area (TPSA) is 71.1 Å². The Balaban J connectivity index is 1.49. The molecule has 3 atom stereocenters. The Morgan fingerprint density at radius 3 is 3.00 bits per heavy atom. The number of hydrogen-bond donors (Lipinski definition) is 1. The van der Waals surface area contributed by atoms with Gasteiger partial charge < -0.3 is 24.6 Å². The Morgan fingerprint density at radius 1 is 1.38 bits per heavy atom. The highest BCUT2D eigenvalue weighted by molar-refractivity contribution is 5.81. The first-order chi connectivity index (χ1) is 11.6. The maximum atomic E-state index is 12.7. The van der Waals surface area contributed by atoms with Crippen LogP contribution in [0.2, 0.25) is 0 Å². The summed E-state index contributed by atoms with van der Waals surface area (Å²) in [5.74, 6) is 0.170. The van der Waals surface area contributed by atoms with Gasteiger partial charge in [-0.1, -0.05) is 0 Å². The van der Waals surface area contributed by atoms with Gasteiger partial charge >= 0.3 is 0 Å². The molecule has 3 heterocycles. The zero-order valence-electron chi connectivity index (χ0n) is 14.5. The lowest BCUT2D eigenvalue weighted by molar-refractivity contribution is -0.149. The molecular weight excluding hydrogens is 310 g/mol. The molecule has 0 aromatic carbocycles. The number of piperidine rings is 1. The lowest BCUT2D eigenvalue weighted by Crippen LogP contribution is -2.58. The van der Waals surface area contributed by atoms with Crippen molar-refractivity contribution in [3.8, 4) is 0 Å². The van der Waals surface area contributed by atoms with Crippen molar-refractivity contribution < 1.29 is 19.1 Å². The van der Waals surface area contributed by atoms with Gasteiger partial charge in [0.15, 0.2) is 0 Å². The molecular formula is C17H29N3O4. The molecule has 0 spiro atoms. The molecule has 24 heavy (non-hydrogen) atoms. The molecule has 3 aliphatic heterocycles. The van der Waals surface area contributed by atoms with Crippen LogP contribution in [-0.2, 0) is 19.1 Å². The molecule has 2 amide bonds. The van der Waals surface area contributed by atoms with E-state index in [-0.39, 0.29) is 24.0 Å². The summed E-state index contributed by atoms with van der Waals surface area (Å²) in [6.07, 6.45) is 3.67. The molecule has 3 saturated heterocycles. The summed E-state index contributed by atoms with van der Waals surface area (Å²) in [5.41, 5.74) is 0. The van der Waals surface area contributed by atoms with Crippen molar-refractivity contribution in [2.45, 2.75) is 50.9 Å². The van der Waals surface area contributed by atoms with Crippen molar-refractivity contribution in [2.24, 2.45) is 0 Å². The van der Waals surface area contributed by atoms with E-state index in [0.29, 0.717) is 19.7 Å². The third-order valence-corrected chi connectivity index (χ3v) is 5.18. The van der Waals surface area contributed by atoms with Gasteiger partial charge in [0.05, 0.1) is 19.3 Å². The molecule has 0 bridgehead atoms. The number of carbonyl (C=O) groups excluding carboxylic acids is 2. The molecule has 136 valence electrons. The Hall–Kier alpha value is -1.18. The zero-order chi connectivity index (χ0) is 16.9. The van der Waals surface area contributed by atoms with Crippen molar-refractivity contribution in [3.63, 3.8) is 0 Å². The standard InChI is InChI=1S/C17H29N3O4/c1-13(24-12-15-5-3-9-23-15)17(22)19-7-2-4-14(11-19)20-8-6-18-10-16(20)21/h13-15,18H,2-12H2,1H3. The Bertz CT molecular complexity index is 453. The van der Waals surface area contributed by atoms with Gasteiger partial charge in [0.25, 0.3) is 5.91 Å². The van der Waals surface area contributed by atoms with E-state index in [2.05, 4.69) is 5.32 Å². The third-order valence-electron chi connectivity index (χ3n) is 5.18. The van der Waals surface area contributed by atoms with Crippen LogP contribution >= 0.6 is 0 Å². The third kappa shape index (κ3) is 4.26. The normalized spacial score (nSPS) is 29.8. The number of ether oxygens (including phenoxy) is 2. The van der Waals surface area contributed by atoms with Gasteiger partial charge in [-0.15, -0.1) is 0 Å². The van der Waals surface area contributed by atoms with Crippen LogP contribution in [-0.4, -0.2) is 85.8 Å². The molecule has 0 radical (unpaired) electrons. The summed E-state index contributed by atoms with van der Waals surface area (Å²) < 4.78 is 11.3. The summed E-state index contributed by atoms with van der Waals surface area (Å²) in [4.78, 5) is 28.5. The lowest BCUT2D eigenvalue weighted by atomic mass is 10.0. The van der Waals surface area contributed by atoms with Crippen LogP contribution in [0.1, 0.15) is 32.6 Å². The summed E-state index contributed by atoms with van der Waals surface area (Å²) in [6.45, 7) is 6.45. The van der Waals surface area contributed by atoms with E-state index in [1.807, 2.05) is 16.7 Å². The molecule has 3 rings (SSSR count). The smallest absolute Gasteiger partial charge is 0.251 e. The minimum atomic E-state index is -0.452. The van der Waals surface area contributed by atoms with Gasteiger partial charge in [0.1, 0.15) is 6.10 Å². The van der Waals surface area contributed by atoms with E-state index < -0.39 is 6.10 Å². The molecule has 7 heteroatoms. The molecule has 0 aromatic heterocycles. The average Bonchev–Trinajstić information content (AvgIpc) is 3.13. The first-order valence-corrected chi connectivity index (χ1v) is 9.17. The highest BCUT2D eigenvalue weighted by Crippen LogP contribution is 2.19. The van der Waals surface area contributed by atoms with E-state index >= 15 is 0 Å². The van der Waals surface area contributed by atoms with Crippen LogP contribution in [0, 0.1) is 0 Å². The largest absolute Gasteiger partial charge is 0.376 e. The van der Waals surface area contributed by atoms with Crippen molar-refractivity contribution in [1.82, 2.24) is 15.1 Å². The van der Waals surface area contributed by atoms with Crippen LogP contribution in [0.3, 0.4) is 0 Å². The number of hydrogen-bond acceptors (Lipinski definition) is 5. The molecule has 0 saturated carbocycles. The Kier molecular flexibility index (Phi) is 6.08. The van der Waals surface area contributed by atoms with E-state index in [0.717, 1.165) is 51.9 Å². The van der Waals surface area contributed by atoms with E-state index in [1.165, 1.54) is 0 Å². The second kappa shape index (κ2) is 8.27. The Morgan fingerprint density at radius 2 is 2.25 bits per heavy atom. The Labute approximate surface area is 143 Å². The minimum absolute atomic E-state index is 0.0280. The first-order valence-electron chi connectivity index (χ1n) is 9.17. The highest BCUT2D eigenvalue weighted by atomic mass is 16.5. The van der Waals surface area contributed by atoms with Gasteiger partial charge in [-0.3, -0.25) is 9.59 Å². The van der Waals surface area contributed by atoms with Crippen LogP contribution in [0.15, 0.2) is 0 Å². The molecule has 3 unspecified atom stereocenters. The van der Waals surface area contributed by atoms with Gasteiger partial charge in [-0.25, -0.2) is 0 Å². The van der Waals surface area contributed by atoms with Crippen LogP contribution in [0.4, 0.5) is 0 Å². The number of amides is 2. The fraction of sp³-hybridized carbons (Fsp3) is 0.882. The molecule has 0 aliphatic carbocycles. The number of nitrogens with zero attached hydrogens (tertiary/aromatic N) is 2. The minimum Gasteiger partial charge on any atom is -0.376 e. The number of piperazine rings is 1. The number of carbonyl (C=O) groups is 2. The maximum absolute atomic E-state index is 12.7. The molecule has 3 fully saturated rings. The van der Waals surface area contributed by atoms with Crippen molar-refractivity contribution in [1.29, 1.82) is 0 Å². The van der Waals surface area contributed by atoms with Gasteiger partial charge in [-0.05, 0) is 32.6 Å². The SMILES string of the molecule is CC(OCC1CCCO1)C(=O)N1CCCC(N2CCNCC2=O)C1. The summed E-state index contributed by atoms with van der Waals surface area (Å²) in [7, 11) is 0. The second-order valence-corrected chi connectivity index (χ2v) is 6.95. The zero-order valence-corrected chi connectivity index (χ0v) is 14.5. The van der Waals surface area contributed by atoms with E-state index in [1.54, 1.807) is 0 Å². The van der Waals surface area contributed by atoms with Crippen LogP contribution in [0.5, 0.6) is 0 Å². The van der Waals surface area contributed by atoms with E-state index in [4.69, 9.17) is 9.47 Å². The van der Waals surface area contributed by atoms with Crippen LogP contribution in [0.25, 0.3) is 0 Å². The second-order valence-electron chi connectivity index (χ2n) is 6.95. The first kappa shape index (κ1) is 17.6. The van der Waals surface area contributed by atoms with Gasteiger partial charge in [0.2, 0.25) is 5.91 Å². The van der Waals surface area contributed by atoms with Gasteiger partial charge in [0, 0.05) is 38.8 Å². The van der Waals surface area contributed by atoms with Crippen molar-refractivity contribution >= 4 is 11.8 Å². The lowest BCUT2D eigenvalue weighted by Gasteiger charge is -2.41. The predicted octanol–water partition coefficient (Wildman–Crippen LogP) is -0.00670. The molecule has 7 nitrogen and oxygen atoms in total. The fourth-order valence-corrected chi connectivity index (χ4v) is 3.77. The summed E-state index contributed by atoms with van der Waals surface area (Å²) in [6, 6.07) is 0.141. The molecule has 0 aromatic rings. The van der Waals surface area contributed by atoms with E-state index in [9.17, 15) is 9.59 Å². The monoisotopic (exact) mass is 339 g/mol. The molecule has 1 N–H and O–H groups in total. The number of nitrogens with one attached hydrogen (secondary N) is 1. The highest BCUT2D eigenvalue weighted by Gasteiger charge is 2.33. The molecule has 3 aliphatic rings. The van der Waals surface area contributed by atoms with Crippen LogP contribution < -0.4 is 5.32 Å². The van der Waals surface area contributed by atoms with Gasteiger partial charge in [-0.2, -0.15) is 0 Å². The maximum Gasteiger partial charge on any atom is 0.251 e. The number of likely N-dealkylation sites (tertiary alicyclic amines) is 1. The number of rotatable bonds is 5. The summed E-state index contributed by atoms with van der Waals surface area (Å²) >= 11 is 0. The summed E-state index contributed by atoms with van der Waals surface area (Å²) in [5, 5.41) is 3.10. The fourth-order valence-electron chi connectivity index (χ4n) is 3.77. The quantitative estimate of drug-likeness (QED) is 0.763. The average molecular weight is 339 g/mol. The van der Waals surface area contributed by atoms with Crippen molar-refractivity contribution in [2.75, 3.05) is 45.9 Å². The predicted molar refractivity (Wildman–Crippen MR) is 88.6 cm³/mol.